The van der Waals surface area contributed by atoms with Crippen LogP contribution in [0.2, 0.25) is 10.0 Å². The summed E-state index contributed by atoms with van der Waals surface area (Å²) in [5, 5.41) is 11.3. The van der Waals surface area contributed by atoms with Crippen LogP contribution in [-0.2, 0) is 10.0 Å². The average Bonchev–Trinajstić information content (AvgIpc) is 2.63. The van der Waals surface area contributed by atoms with E-state index in [4.69, 9.17) is 23.2 Å². The van der Waals surface area contributed by atoms with Crippen LogP contribution in [0.5, 0.6) is 0 Å². The molecular formula is C16H16Cl2N4O4S. The van der Waals surface area contributed by atoms with Crippen molar-refractivity contribution in [2.75, 3.05) is 31.1 Å². The Bertz CT molecular complexity index is 992. The van der Waals surface area contributed by atoms with Crippen LogP contribution >= 0.6 is 23.2 Å². The van der Waals surface area contributed by atoms with E-state index in [1.165, 1.54) is 34.8 Å². The maximum Gasteiger partial charge on any atom is 0.287 e. The number of hydrogen-bond donors (Lipinski definition) is 0. The van der Waals surface area contributed by atoms with Crippen molar-refractivity contribution in [3.63, 3.8) is 0 Å². The Kier molecular flexibility index (Phi) is 5.57. The van der Waals surface area contributed by atoms with Crippen LogP contribution in [-0.4, -0.2) is 48.8 Å². The van der Waals surface area contributed by atoms with Crippen LogP contribution in [0.25, 0.3) is 0 Å². The minimum absolute atomic E-state index is 0.0187. The van der Waals surface area contributed by atoms with Gasteiger partial charge in [-0.1, -0.05) is 23.2 Å². The molecule has 11 heteroatoms. The quantitative estimate of drug-likeness (QED) is 0.545. The number of rotatable bonds is 4. The molecule has 1 aromatic heterocycles. The summed E-state index contributed by atoms with van der Waals surface area (Å²) < 4.78 is 27.1. The normalized spacial score (nSPS) is 15.7. The molecule has 0 bridgehead atoms. The number of piperazine rings is 1. The average molecular weight is 431 g/mol. The Balaban J connectivity index is 1.77. The van der Waals surface area contributed by atoms with Gasteiger partial charge < -0.3 is 4.90 Å². The number of halogens is 2. The highest BCUT2D eigenvalue weighted by molar-refractivity contribution is 7.89. The van der Waals surface area contributed by atoms with E-state index in [2.05, 4.69) is 4.98 Å². The summed E-state index contributed by atoms with van der Waals surface area (Å²) in [5.41, 5.74) is 0.589. The van der Waals surface area contributed by atoms with Crippen molar-refractivity contribution < 1.29 is 13.3 Å². The lowest BCUT2D eigenvalue weighted by Crippen LogP contribution is -2.49. The first-order chi connectivity index (χ1) is 12.7. The molecule has 0 amide bonds. The summed E-state index contributed by atoms with van der Waals surface area (Å²) >= 11 is 12.0. The van der Waals surface area contributed by atoms with E-state index >= 15 is 0 Å². The molecular weight excluding hydrogens is 415 g/mol. The Labute approximate surface area is 166 Å². The van der Waals surface area contributed by atoms with E-state index in [0.717, 1.165) is 0 Å². The van der Waals surface area contributed by atoms with Gasteiger partial charge in [0.25, 0.3) is 5.69 Å². The van der Waals surface area contributed by atoms with Gasteiger partial charge in [-0.05, 0) is 30.7 Å². The van der Waals surface area contributed by atoms with Gasteiger partial charge in [0.15, 0.2) is 0 Å². The second-order valence-corrected chi connectivity index (χ2v) is 8.81. The predicted molar refractivity (Wildman–Crippen MR) is 103 cm³/mol. The predicted octanol–water partition coefficient (Wildman–Crippen LogP) is 3.12. The number of aryl methyl sites for hydroxylation is 1. The molecule has 1 saturated heterocycles. The van der Waals surface area contributed by atoms with Gasteiger partial charge >= 0.3 is 0 Å². The Morgan fingerprint density at radius 3 is 2.41 bits per heavy atom. The molecule has 0 aliphatic carbocycles. The van der Waals surface area contributed by atoms with Crippen LogP contribution in [0.3, 0.4) is 0 Å². The lowest BCUT2D eigenvalue weighted by Gasteiger charge is -2.35. The highest BCUT2D eigenvalue weighted by atomic mass is 35.5. The van der Waals surface area contributed by atoms with Crippen LogP contribution in [0.1, 0.15) is 5.56 Å². The van der Waals surface area contributed by atoms with Crippen LogP contribution in [0, 0.1) is 17.0 Å². The number of anilines is 1. The standard InChI is InChI=1S/C16H16Cl2N4O4S/c1-11-8-13(22(23)24)10-19-16(11)20-4-6-21(7-5-20)27(25,26)15-9-12(17)2-3-14(15)18/h2-3,8-10H,4-7H2,1H3. The van der Waals surface area contributed by atoms with Crippen molar-refractivity contribution in [2.45, 2.75) is 11.8 Å². The van der Waals surface area contributed by atoms with E-state index in [1.807, 2.05) is 4.90 Å². The van der Waals surface area contributed by atoms with Crippen molar-refractivity contribution in [2.24, 2.45) is 0 Å². The molecule has 3 rings (SSSR count). The zero-order valence-electron chi connectivity index (χ0n) is 14.3. The molecule has 0 radical (unpaired) electrons. The maximum atomic E-state index is 12.9. The van der Waals surface area contributed by atoms with Gasteiger partial charge in [0, 0.05) is 37.3 Å². The SMILES string of the molecule is Cc1cc([N+](=O)[O-])cnc1N1CCN(S(=O)(=O)c2cc(Cl)ccc2Cl)CC1. The number of nitrogens with zero attached hydrogens (tertiary/aromatic N) is 4. The third kappa shape index (κ3) is 4.01. The second kappa shape index (κ2) is 7.59. The highest BCUT2D eigenvalue weighted by Crippen LogP contribution is 2.29. The fourth-order valence-corrected chi connectivity index (χ4v) is 5.10. The smallest absolute Gasteiger partial charge is 0.287 e. The molecule has 1 aromatic carbocycles. The van der Waals surface area contributed by atoms with E-state index in [9.17, 15) is 18.5 Å². The van der Waals surface area contributed by atoms with Crippen LogP contribution < -0.4 is 4.90 Å². The summed E-state index contributed by atoms with van der Waals surface area (Å²) in [6.45, 7) is 3.03. The molecule has 144 valence electrons. The van der Waals surface area contributed by atoms with Crippen molar-refractivity contribution in [3.05, 3.63) is 56.2 Å². The number of aromatic nitrogens is 1. The topological polar surface area (TPSA) is 96.7 Å². The Hall–Kier alpha value is -1.94. The number of hydrogen-bond acceptors (Lipinski definition) is 6. The first kappa shape index (κ1) is 19.8. The number of pyridine rings is 1. The molecule has 1 fully saturated rings. The van der Waals surface area contributed by atoms with Crippen LogP contribution in [0.15, 0.2) is 35.4 Å². The maximum absolute atomic E-state index is 12.9. The minimum Gasteiger partial charge on any atom is -0.354 e. The molecule has 0 spiro atoms. The zero-order valence-corrected chi connectivity index (χ0v) is 16.6. The largest absolute Gasteiger partial charge is 0.354 e. The molecule has 8 nitrogen and oxygen atoms in total. The first-order valence-electron chi connectivity index (χ1n) is 8.01. The number of benzene rings is 1. The van der Waals surface area contributed by atoms with E-state index < -0.39 is 14.9 Å². The fourth-order valence-electron chi connectivity index (χ4n) is 2.94. The van der Waals surface area contributed by atoms with Crippen LogP contribution in [0.4, 0.5) is 11.5 Å². The van der Waals surface area contributed by atoms with Gasteiger partial charge in [-0.25, -0.2) is 13.4 Å². The molecule has 1 aliphatic rings. The van der Waals surface area contributed by atoms with E-state index in [1.54, 1.807) is 6.92 Å². The Morgan fingerprint density at radius 1 is 1.15 bits per heavy atom. The third-order valence-electron chi connectivity index (χ3n) is 4.30. The Morgan fingerprint density at radius 2 is 1.81 bits per heavy atom. The molecule has 2 aromatic rings. The van der Waals surface area contributed by atoms with Crippen molar-refractivity contribution in [1.29, 1.82) is 0 Å². The van der Waals surface area contributed by atoms with Gasteiger partial charge in [0.1, 0.15) is 16.9 Å². The van der Waals surface area contributed by atoms with Gasteiger partial charge in [0.2, 0.25) is 10.0 Å². The molecule has 0 N–H and O–H groups in total. The second-order valence-electron chi connectivity index (χ2n) is 6.06. The summed E-state index contributed by atoms with van der Waals surface area (Å²) in [7, 11) is -3.77. The van der Waals surface area contributed by atoms with Gasteiger partial charge in [-0.2, -0.15) is 4.31 Å². The minimum atomic E-state index is -3.77. The van der Waals surface area contributed by atoms with Gasteiger partial charge in [0.05, 0.1) is 9.95 Å². The summed E-state index contributed by atoms with van der Waals surface area (Å²) in [4.78, 5) is 16.4. The van der Waals surface area contributed by atoms with Gasteiger partial charge in [-0.3, -0.25) is 10.1 Å². The summed E-state index contributed by atoms with van der Waals surface area (Å²) in [6.07, 6.45) is 1.21. The third-order valence-corrected chi connectivity index (χ3v) is 6.91. The lowest BCUT2D eigenvalue weighted by atomic mass is 10.2. The van der Waals surface area contributed by atoms with E-state index in [0.29, 0.717) is 29.5 Å². The molecule has 0 atom stereocenters. The van der Waals surface area contributed by atoms with Crippen molar-refractivity contribution >= 4 is 44.7 Å². The molecule has 2 heterocycles. The van der Waals surface area contributed by atoms with Crippen molar-refractivity contribution in [3.8, 4) is 0 Å². The highest BCUT2D eigenvalue weighted by Gasteiger charge is 2.31. The molecule has 0 unspecified atom stereocenters. The van der Waals surface area contributed by atoms with Crippen molar-refractivity contribution in [1.82, 2.24) is 9.29 Å². The first-order valence-corrected chi connectivity index (χ1v) is 10.2. The molecule has 1 aliphatic heterocycles. The fraction of sp³-hybridized carbons (Fsp3) is 0.312. The summed E-state index contributed by atoms with van der Waals surface area (Å²) in [6, 6.07) is 5.78. The molecule has 27 heavy (non-hydrogen) atoms. The number of sulfonamides is 1. The lowest BCUT2D eigenvalue weighted by molar-refractivity contribution is -0.385. The summed E-state index contributed by atoms with van der Waals surface area (Å²) in [5.74, 6) is 0.610. The number of nitro groups is 1. The molecule has 0 saturated carbocycles. The van der Waals surface area contributed by atoms with E-state index in [-0.39, 0.29) is 28.7 Å². The van der Waals surface area contributed by atoms with Gasteiger partial charge in [-0.15, -0.1) is 0 Å². The monoisotopic (exact) mass is 430 g/mol. The zero-order chi connectivity index (χ0) is 19.8.